The molecular formula is C18H21N3OS. The number of carbonyl (C=O) groups excluding carboxylic acids is 1. The molecule has 1 amide bonds. The van der Waals surface area contributed by atoms with E-state index in [0.717, 1.165) is 23.7 Å². The summed E-state index contributed by atoms with van der Waals surface area (Å²) in [5.74, 6) is 0.237. The fourth-order valence-corrected chi connectivity index (χ4v) is 2.94. The van der Waals surface area contributed by atoms with Crippen LogP contribution in [0.3, 0.4) is 0 Å². The highest BCUT2D eigenvalue weighted by molar-refractivity contribution is 8.00. The number of nitrogens with zero attached hydrogens (tertiary/aromatic N) is 2. The fraction of sp³-hybridized carbons (Fsp3) is 0.389. The van der Waals surface area contributed by atoms with E-state index in [1.807, 2.05) is 32.0 Å². The molecular weight excluding hydrogens is 306 g/mol. The first kappa shape index (κ1) is 17.3. The van der Waals surface area contributed by atoms with Gasteiger partial charge in [-0.05, 0) is 43.5 Å². The lowest BCUT2D eigenvalue weighted by molar-refractivity contribution is -0.119. The molecule has 0 bridgehead atoms. The van der Waals surface area contributed by atoms with Gasteiger partial charge in [0.1, 0.15) is 11.1 Å². The molecule has 0 saturated carbocycles. The van der Waals surface area contributed by atoms with E-state index < -0.39 is 0 Å². The first-order valence-electron chi connectivity index (χ1n) is 7.83. The van der Waals surface area contributed by atoms with Gasteiger partial charge >= 0.3 is 0 Å². The van der Waals surface area contributed by atoms with Crippen LogP contribution in [0.5, 0.6) is 0 Å². The SMILES string of the molecule is CCc1ccc2nc(SCC(=O)N[C@@H](C)CC)c(C#N)cc2c1. The summed E-state index contributed by atoms with van der Waals surface area (Å²) >= 11 is 1.31. The van der Waals surface area contributed by atoms with E-state index in [4.69, 9.17) is 0 Å². The molecule has 1 heterocycles. The van der Waals surface area contributed by atoms with Crippen molar-refractivity contribution in [2.45, 2.75) is 44.7 Å². The zero-order valence-electron chi connectivity index (χ0n) is 13.7. The fourth-order valence-electron chi connectivity index (χ4n) is 2.17. The summed E-state index contributed by atoms with van der Waals surface area (Å²) in [6.45, 7) is 6.10. The van der Waals surface area contributed by atoms with E-state index in [2.05, 4.69) is 29.4 Å². The lowest BCUT2D eigenvalue weighted by atomic mass is 10.1. The number of aryl methyl sites for hydroxylation is 1. The summed E-state index contributed by atoms with van der Waals surface area (Å²) in [7, 11) is 0. The van der Waals surface area contributed by atoms with Gasteiger partial charge in [0.2, 0.25) is 5.91 Å². The predicted octanol–water partition coefficient (Wildman–Crippen LogP) is 3.68. The second kappa shape index (κ2) is 7.98. The van der Waals surface area contributed by atoms with Crippen LogP contribution in [0.2, 0.25) is 0 Å². The number of hydrogen-bond donors (Lipinski definition) is 1. The average Bonchev–Trinajstić information content (AvgIpc) is 2.58. The Kier molecular flexibility index (Phi) is 6.00. The maximum Gasteiger partial charge on any atom is 0.230 e. The summed E-state index contributed by atoms with van der Waals surface area (Å²) in [5, 5.41) is 13.8. The van der Waals surface area contributed by atoms with Crippen LogP contribution in [0.25, 0.3) is 10.9 Å². The van der Waals surface area contributed by atoms with Gasteiger partial charge < -0.3 is 5.32 Å². The van der Waals surface area contributed by atoms with Crippen molar-refractivity contribution >= 4 is 28.6 Å². The van der Waals surface area contributed by atoms with Gasteiger partial charge in [-0.2, -0.15) is 5.26 Å². The summed E-state index contributed by atoms with van der Waals surface area (Å²) < 4.78 is 0. The van der Waals surface area contributed by atoms with E-state index in [9.17, 15) is 10.1 Å². The van der Waals surface area contributed by atoms with Crippen molar-refractivity contribution < 1.29 is 4.79 Å². The number of thioether (sulfide) groups is 1. The molecule has 0 radical (unpaired) electrons. The number of aromatic nitrogens is 1. The van der Waals surface area contributed by atoms with Crippen molar-refractivity contribution in [3.05, 3.63) is 35.4 Å². The van der Waals surface area contributed by atoms with Gasteiger partial charge in [-0.3, -0.25) is 4.79 Å². The van der Waals surface area contributed by atoms with E-state index in [-0.39, 0.29) is 17.7 Å². The van der Waals surface area contributed by atoms with Crippen molar-refractivity contribution in [2.75, 3.05) is 5.75 Å². The van der Waals surface area contributed by atoms with Crippen LogP contribution in [0, 0.1) is 11.3 Å². The highest BCUT2D eigenvalue weighted by Gasteiger charge is 2.11. The van der Waals surface area contributed by atoms with Crippen LogP contribution < -0.4 is 5.32 Å². The molecule has 1 aromatic carbocycles. The van der Waals surface area contributed by atoms with Crippen molar-refractivity contribution in [2.24, 2.45) is 0 Å². The molecule has 1 atom stereocenters. The van der Waals surface area contributed by atoms with Crippen LogP contribution in [0.4, 0.5) is 0 Å². The Morgan fingerprint density at radius 2 is 2.17 bits per heavy atom. The standard InChI is InChI=1S/C18H21N3OS/c1-4-12(3)20-17(22)11-23-18-15(10-19)9-14-8-13(5-2)6-7-16(14)21-18/h6-9,12H,4-5,11H2,1-3H3,(H,20,22)/t12-/m0/s1. The maximum absolute atomic E-state index is 11.9. The first-order chi connectivity index (χ1) is 11.1. The van der Waals surface area contributed by atoms with Crippen LogP contribution in [0.1, 0.15) is 38.3 Å². The number of rotatable bonds is 6. The van der Waals surface area contributed by atoms with E-state index in [1.165, 1.54) is 17.3 Å². The van der Waals surface area contributed by atoms with Gasteiger partial charge in [0, 0.05) is 11.4 Å². The van der Waals surface area contributed by atoms with E-state index in [0.29, 0.717) is 10.6 Å². The Morgan fingerprint density at radius 3 is 2.83 bits per heavy atom. The topological polar surface area (TPSA) is 65.8 Å². The minimum Gasteiger partial charge on any atom is -0.353 e. The number of fused-ring (bicyclic) bond motifs is 1. The first-order valence-corrected chi connectivity index (χ1v) is 8.81. The number of hydrogen-bond acceptors (Lipinski definition) is 4. The molecule has 0 saturated heterocycles. The molecule has 0 spiro atoms. The molecule has 1 aromatic heterocycles. The molecule has 0 aliphatic carbocycles. The number of nitriles is 1. The monoisotopic (exact) mass is 327 g/mol. The highest BCUT2D eigenvalue weighted by atomic mass is 32.2. The minimum absolute atomic E-state index is 0.0310. The number of pyridine rings is 1. The summed E-state index contributed by atoms with van der Waals surface area (Å²) in [6, 6.07) is 10.3. The van der Waals surface area contributed by atoms with E-state index in [1.54, 1.807) is 0 Å². The number of carbonyl (C=O) groups is 1. The van der Waals surface area contributed by atoms with Crippen LogP contribution >= 0.6 is 11.8 Å². The Hall–Kier alpha value is -2.06. The molecule has 0 fully saturated rings. The largest absolute Gasteiger partial charge is 0.353 e. The Balaban J connectivity index is 2.20. The Morgan fingerprint density at radius 1 is 1.39 bits per heavy atom. The molecule has 4 nitrogen and oxygen atoms in total. The summed E-state index contributed by atoms with van der Waals surface area (Å²) in [5.41, 5.74) is 2.59. The number of amides is 1. The Bertz CT molecular complexity index is 752. The molecule has 5 heteroatoms. The van der Waals surface area contributed by atoms with Gasteiger partial charge in [0.15, 0.2) is 0 Å². The van der Waals surface area contributed by atoms with Crippen molar-refractivity contribution in [1.82, 2.24) is 10.3 Å². The predicted molar refractivity (Wildman–Crippen MR) is 94.5 cm³/mol. The van der Waals surface area contributed by atoms with Crippen molar-refractivity contribution in [3.8, 4) is 6.07 Å². The summed E-state index contributed by atoms with van der Waals surface area (Å²) in [6.07, 6.45) is 1.85. The molecule has 2 aromatic rings. The van der Waals surface area contributed by atoms with Crippen LogP contribution in [0.15, 0.2) is 29.3 Å². The quantitative estimate of drug-likeness (QED) is 0.822. The molecule has 23 heavy (non-hydrogen) atoms. The molecule has 120 valence electrons. The summed E-state index contributed by atoms with van der Waals surface area (Å²) in [4.78, 5) is 16.4. The highest BCUT2D eigenvalue weighted by Crippen LogP contribution is 2.25. The van der Waals surface area contributed by atoms with Crippen molar-refractivity contribution in [3.63, 3.8) is 0 Å². The number of nitrogens with one attached hydrogen (secondary N) is 1. The van der Waals surface area contributed by atoms with Gasteiger partial charge in [-0.1, -0.05) is 31.7 Å². The molecule has 1 N–H and O–H groups in total. The van der Waals surface area contributed by atoms with Gasteiger partial charge in [-0.25, -0.2) is 4.98 Å². The number of benzene rings is 1. The third-order valence-corrected chi connectivity index (χ3v) is 4.72. The Labute approximate surface area is 141 Å². The minimum atomic E-state index is -0.0310. The second-order valence-corrected chi connectivity index (χ2v) is 6.46. The maximum atomic E-state index is 11.9. The molecule has 0 aliphatic rings. The van der Waals surface area contributed by atoms with Gasteiger partial charge in [0.05, 0.1) is 16.8 Å². The lowest BCUT2D eigenvalue weighted by Gasteiger charge is -2.11. The molecule has 0 unspecified atom stereocenters. The van der Waals surface area contributed by atoms with Gasteiger partial charge in [0.25, 0.3) is 0 Å². The third-order valence-electron chi connectivity index (χ3n) is 3.73. The van der Waals surface area contributed by atoms with Crippen LogP contribution in [-0.2, 0) is 11.2 Å². The zero-order valence-corrected chi connectivity index (χ0v) is 14.5. The third kappa shape index (κ3) is 4.46. The lowest BCUT2D eigenvalue weighted by Crippen LogP contribution is -2.33. The normalized spacial score (nSPS) is 11.9. The molecule has 0 aliphatic heterocycles. The molecule has 2 rings (SSSR count). The van der Waals surface area contributed by atoms with Crippen molar-refractivity contribution in [1.29, 1.82) is 5.26 Å². The zero-order chi connectivity index (χ0) is 16.8. The van der Waals surface area contributed by atoms with Crippen LogP contribution in [-0.4, -0.2) is 22.7 Å². The smallest absolute Gasteiger partial charge is 0.230 e. The second-order valence-electron chi connectivity index (χ2n) is 5.50. The van der Waals surface area contributed by atoms with Gasteiger partial charge in [-0.15, -0.1) is 0 Å². The van der Waals surface area contributed by atoms with E-state index >= 15 is 0 Å². The average molecular weight is 327 g/mol.